The summed E-state index contributed by atoms with van der Waals surface area (Å²) in [5.74, 6) is 0. The molecule has 0 spiro atoms. The Hall–Kier alpha value is -1.12. The molecule has 0 saturated carbocycles. The van der Waals surface area contributed by atoms with E-state index < -0.39 is 27.1 Å². The van der Waals surface area contributed by atoms with Gasteiger partial charge in [0.05, 0.1) is 0 Å². The van der Waals surface area contributed by atoms with Gasteiger partial charge in [-0.1, -0.05) is 51.1 Å². The Kier molecular flexibility index (Phi) is 5.77. The molecule has 3 N–H and O–H groups in total. The van der Waals surface area contributed by atoms with E-state index in [1.807, 2.05) is 0 Å². The molecule has 0 bridgehead atoms. The summed E-state index contributed by atoms with van der Waals surface area (Å²) in [4.78, 5) is 0. The van der Waals surface area contributed by atoms with Crippen LogP contribution in [0.5, 0.6) is 0 Å². The summed E-state index contributed by atoms with van der Waals surface area (Å²) in [6, 6.07) is 7.96. The van der Waals surface area contributed by atoms with Crippen molar-refractivity contribution < 1.29 is 25.8 Å². The molecule has 1 rings (SSSR count). The van der Waals surface area contributed by atoms with Crippen LogP contribution < -0.4 is 6.15 Å². The predicted octanol–water partition coefficient (Wildman–Crippen LogP) is 3.80. The third-order valence-corrected chi connectivity index (χ3v) is 3.41. The van der Waals surface area contributed by atoms with Crippen molar-refractivity contribution in [2.24, 2.45) is 5.41 Å². The topological polar surface area (TPSA) is 78.4 Å². The van der Waals surface area contributed by atoms with Crippen molar-refractivity contribution in [2.75, 3.05) is 0 Å². The second-order valence-electron chi connectivity index (χ2n) is 5.15. The van der Waals surface area contributed by atoms with E-state index >= 15 is 0 Å². The molecular weight excluding hydrogens is 295 g/mol. The fourth-order valence-corrected chi connectivity index (χ4v) is 2.27. The minimum atomic E-state index is -5.63. The number of alkyl halides is 3. The fourth-order valence-electron chi connectivity index (χ4n) is 1.51. The van der Waals surface area contributed by atoms with E-state index in [4.69, 9.17) is 0 Å². The summed E-state index contributed by atoms with van der Waals surface area (Å²) in [5, 5.41) is 0. The lowest BCUT2D eigenvalue weighted by Gasteiger charge is -2.30. The van der Waals surface area contributed by atoms with Crippen molar-refractivity contribution in [3.63, 3.8) is 0 Å². The maximum Gasteiger partial charge on any atom is 0.523 e. The molecule has 0 saturated heterocycles. The van der Waals surface area contributed by atoms with Gasteiger partial charge in [-0.3, -0.25) is 4.18 Å². The van der Waals surface area contributed by atoms with Crippen molar-refractivity contribution in [3.8, 4) is 0 Å². The van der Waals surface area contributed by atoms with Crippen LogP contribution in [0.1, 0.15) is 32.4 Å². The highest BCUT2D eigenvalue weighted by Crippen LogP contribution is 2.40. The highest BCUT2D eigenvalue weighted by Gasteiger charge is 2.50. The average molecular weight is 313 g/mol. The Morgan fingerprint density at radius 1 is 1.05 bits per heavy atom. The monoisotopic (exact) mass is 313 g/mol. The molecule has 1 aromatic carbocycles. The molecule has 0 heterocycles. The third-order valence-electron chi connectivity index (χ3n) is 2.40. The van der Waals surface area contributed by atoms with E-state index in [0.29, 0.717) is 5.56 Å². The SMILES string of the molecule is CC(C)(C)C(OS(=O)(=O)C(F)(F)F)c1ccccc1.N. The smallest absolute Gasteiger partial charge is 0.344 e. The molecule has 0 aromatic heterocycles. The summed E-state index contributed by atoms with van der Waals surface area (Å²) in [7, 11) is -5.63. The molecule has 0 fully saturated rings. The Labute approximate surface area is 116 Å². The highest BCUT2D eigenvalue weighted by molar-refractivity contribution is 7.87. The first-order valence-electron chi connectivity index (χ1n) is 5.49. The molecule has 0 radical (unpaired) electrons. The van der Waals surface area contributed by atoms with Crippen molar-refractivity contribution in [1.82, 2.24) is 6.15 Å². The molecule has 1 atom stereocenters. The van der Waals surface area contributed by atoms with Crippen LogP contribution in [0.15, 0.2) is 30.3 Å². The molecule has 0 aliphatic carbocycles. The van der Waals surface area contributed by atoms with E-state index in [0.717, 1.165) is 0 Å². The van der Waals surface area contributed by atoms with Crippen LogP contribution in [-0.2, 0) is 14.3 Å². The summed E-state index contributed by atoms with van der Waals surface area (Å²) >= 11 is 0. The average Bonchev–Trinajstić information content (AvgIpc) is 2.24. The molecule has 1 unspecified atom stereocenters. The number of benzene rings is 1. The van der Waals surface area contributed by atoms with Crippen molar-refractivity contribution in [2.45, 2.75) is 32.4 Å². The standard InChI is InChI=1S/C12H15F3O3S.H3N/c1-11(2,3)10(9-7-5-4-6-8-9)18-19(16,17)12(13,14)15;/h4-8,10H,1-3H3;1H3. The van der Waals surface area contributed by atoms with Gasteiger partial charge in [0.2, 0.25) is 0 Å². The van der Waals surface area contributed by atoms with E-state index in [9.17, 15) is 21.6 Å². The molecule has 20 heavy (non-hydrogen) atoms. The third kappa shape index (κ3) is 4.46. The summed E-state index contributed by atoms with van der Waals surface area (Å²) in [6.45, 7) is 4.82. The van der Waals surface area contributed by atoms with Gasteiger partial charge in [-0.15, -0.1) is 0 Å². The first-order chi connectivity index (χ1) is 8.45. The summed E-state index contributed by atoms with van der Waals surface area (Å²) in [5.41, 5.74) is -5.85. The second-order valence-corrected chi connectivity index (χ2v) is 6.72. The van der Waals surface area contributed by atoms with E-state index in [1.54, 1.807) is 39.0 Å². The molecule has 4 nitrogen and oxygen atoms in total. The first-order valence-corrected chi connectivity index (χ1v) is 6.90. The first kappa shape index (κ1) is 18.9. The minimum absolute atomic E-state index is 0. The Morgan fingerprint density at radius 3 is 1.85 bits per heavy atom. The largest absolute Gasteiger partial charge is 0.523 e. The Bertz CT molecular complexity index is 521. The van der Waals surface area contributed by atoms with E-state index in [1.165, 1.54) is 12.1 Å². The van der Waals surface area contributed by atoms with Gasteiger partial charge in [0.25, 0.3) is 0 Å². The van der Waals surface area contributed by atoms with Crippen molar-refractivity contribution >= 4 is 10.1 Å². The quantitative estimate of drug-likeness (QED) is 0.680. The van der Waals surface area contributed by atoms with E-state index in [2.05, 4.69) is 4.18 Å². The zero-order valence-electron chi connectivity index (χ0n) is 11.4. The maximum absolute atomic E-state index is 12.4. The minimum Gasteiger partial charge on any atom is -0.344 e. The molecule has 8 heteroatoms. The van der Waals surface area contributed by atoms with Gasteiger partial charge in [-0.2, -0.15) is 21.6 Å². The molecule has 116 valence electrons. The van der Waals surface area contributed by atoms with Gasteiger partial charge in [0, 0.05) is 0 Å². The van der Waals surface area contributed by atoms with Crippen LogP contribution in [-0.4, -0.2) is 13.9 Å². The van der Waals surface area contributed by atoms with Crippen LogP contribution in [0.4, 0.5) is 13.2 Å². The molecular formula is C12H18F3NO3S. The number of halogens is 3. The number of hydrogen-bond acceptors (Lipinski definition) is 4. The zero-order valence-corrected chi connectivity index (χ0v) is 12.3. The Balaban J connectivity index is 0.00000361. The highest BCUT2D eigenvalue weighted by atomic mass is 32.2. The lowest BCUT2D eigenvalue weighted by atomic mass is 9.85. The lowest BCUT2D eigenvalue weighted by molar-refractivity contribution is -0.0621. The summed E-state index contributed by atoms with van der Waals surface area (Å²) < 4.78 is 63.8. The van der Waals surface area contributed by atoms with Gasteiger partial charge in [0.15, 0.2) is 0 Å². The predicted molar refractivity (Wildman–Crippen MR) is 69.7 cm³/mol. The van der Waals surface area contributed by atoms with Gasteiger partial charge in [-0.05, 0) is 11.0 Å². The molecule has 0 aliphatic heterocycles. The molecule has 1 aromatic rings. The Morgan fingerprint density at radius 2 is 1.50 bits per heavy atom. The number of hydrogen-bond donors (Lipinski definition) is 1. The van der Waals surface area contributed by atoms with Gasteiger partial charge < -0.3 is 6.15 Å². The van der Waals surface area contributed by atoms with Crippen LogP contribution >= 0.6 is 0 Å². The molecule has 0 amide bonds. The van der Waals surface area contributed by atoms with Gasteiger partial charge in [-0.25, -0.2) is 0 Å². The van der Waals surface area contributed by atoms with Crippen LogP contribution in [0.2, 0.25) is 0 Å². The van der Waals surface area contributed by atoms with Gasteiger partial charge in [0.1, 0.15) is 6.10 Å². The zero-order chi connectivity index (χ0) is 14.9. The van der Waals surface area contributed by atoms with E-state index in [-0.39, 0.29) is 6.15 Å². The van der Waals surface area contributed by atoms with Crippen molar-refractivity contribution in [3.05, 3.63) is 35.9 Å². The normalized spacial score (nSPS) is 14.5. The lowest BCUT2D eigenvalue weighted by Crippen LogP contribution is -2.31. The maximum atomic E-state index is 12.4. The van der Waals surface area contributed by atoms with Crippen LogP contribution in [0.25, 0.3) is 0 Å². The van der Waals surface area contributed by atoms with Crippen LogP contribution in [0, 0.1) is 5.41 Å². The summed E-state index contributed by atoms with van der Waals surface area (Å²) in [6.07, 6.45) is -1.21. The van der Waals surface area contributed by atoms with Gasteiger partial charge >= 0.3 is 15.6 Å². The second kappa shape index (κ2) is 6.11. The van der Waals surface area contributed by atoms with Crippen molar-refractivity contribution in [1.29, 1.82) is 0 Å². The van der Waals surface area contributed by atoms with Crippen LogP contribution in [0.3, 0.4) is 0 Å². The fraction of sp³-hybridized carbons (Fsp3) is 0.500. The number of rotatable bonds is 3. The molecule has 0 aliphatic rings.